The SMILES string of the molecule is CN1CCN(C(=O)OC(C)(C)C)CC1.Clc1ccc2c(c1)C(Br)=Cc1cccnc1C2. The summed E-state index contributed by atoms with van der Waals surface area (Å²) in [5.41, 5.74) is 4.27. The number of fused-ring (bicyclic) bond motifs is 2. The van der Waals surface area contributed by atoms with Crippen LogP contribution in [0.25, 0.3) is 10.6 Å². The van der Waals surface area contributed by atoms with Crippen LogP contribution in [-0.4, -0.2) is 59.7 Å². The largest absolute Gasteiger partial charge is 0.444 e. The first-order valence-electron chi connectivity index (χ1n) is 10.4. The third kappa shape index (κ3) is 6.79. The monoisotopic (exact) mass is 505 g/mol. The standard InChI is InChI=1S/C14H9BrClN.C10H20N2O2/c15-13-6-10-2-1-5-17-14(10)7-9-3-4-11(16)8-12(9)13;1-10(2,3)14-9(13)12-7-5-11(4)6-8-12/h1-6,8H,7H2;5-8H2,1-4H3. The number of pyridine rings is 1. The predicted molar refractivity (Wildman–Crippen MR) is 131 cm³/mol. The molecule has 1 aliphatic heterocycles. The normalized spacial score (nSPS) is 16.2. The zero-order valence-corrected chi connectivity index (χ0v) is 20.8. The van der Waals surface area contributed by atoms with Gasteiger partial charge in [0.15, 0.2) is 0 Å². The molecule has 1 saturated heterocycles. The van der Waals surface area contributed by atoms with Crippen LogP contribution in [0.5, 0.6) is 0 Å². The van der Waals surface area contributed by atoms with Gasteiger partial charge in [0.25, 0.3) is 0 Å². The van der Waals surface area contributed by atoms with Crippen LogP contribution in [0.15, 0.2) is 36.5 Å². The molecule has 31 heavy (non-hydrogen) atoms. The van der Waals surface area contributed by atoms with Crippen molar-refractivity contribution in [3.63, 3.8) is 0 Å². The van der Waals surface area contributed by atoms with Crippen molar-refractivity contribution in [2.24, 2.45) is 0 Å². The summed E-state index contributed by atoms with van der Waals surface area (Å²) in [4.78, 5) is 20.0. The molecule has 0 N–H and O–H groups in total. The van der Waals surface area contributed by atoms with E-state index >= 15 is 0 Å². The number of aromatic nitrogens is 1. The molecule has 5 nitrogen and oxygen atoms in total. The number of carbonyl (C=O) groups is 1. The van der Waals surface area contributed by atoms with Crippen LogP contribution >= 0.6 is 27.5 Å². The number of nitrogens with zero attached hydrogens (tertiary/aromatic N) is 3. The van der Waals surface area contributed by atoms with Crippen LogP contribution in [0.1, 0.15) is 43.2 Å². The maximum atomic E-state index is 11.6. The van der Waals surface area contributed by atoms with E-state index in [9.17, 15) is 4.79 Å². The van der Waals surface area contributed by atoms with Gasteiger partial charge in [-0.2, -0.15) is 0 Å². The molecule has 1 fully saturated rings. The minimum absolute atomic E-state index is 0.189. The lowest BCUT2D eigenvalue weighted by Crippen LogP contribution is -2.48. The Labute approximate surface area is 198 Å². The van der Waals surface area contributed by atoms with Crippen molar-refractivity contribution in [2.45, 2.75) is 32.8 Å². The van der Waals surface area contributed by atoms with Crippen molar-refractivity contribution in [3.8, 4) is 0 Å². The quantitative estimate of drug-likeness (QED) is 0.460. The van der Waals surface area contributed by atoms with Crippen molar-refractivity contribution in [3.05, 3.63) is 63.9 Å². The van der Waals surface area contributed by atoms with Gasteiger partial charge in [-0.1, -0.05) is 39.7 Å². The van der Waals surface area contributed by atoms with Gasteiger partial charge < -0.3 is 14.5 Å². The van der Waals surface area contributed by atoms with Crippen LogP contribution in [-0.2, 0) is 11.2 Å². The van der Waals surface area contributed by atoms with Crippen LogP contribution in [0.3, 0.4) is 0 Å². The molecule has 2 aromatic rings. The average molecular weight is 507 g/mol. The predicted octanol–water partition coefficient (Wildman–Crippen LogP) is 5.70. The Balaban J connectivity index is 0.000000180. The molecule has 0 unspecified atom stereocenters. The Hall–Kier alpha value is -1.89. The third-order valence-corrected chi connectivity index (χ3v) is 5.94. The molecule has 0 atom stereocenters. The summed E-state index contributed by atoms with van der Waals surface area (Å²) >= 11 is 9.66. The van der Waals surface area contributed by atoms with Crippen molar-refractivity contribution in [2.75, 3.05) is 33.2 Å². The van der Waals surface area contributed by atoms with E-state index in [0.717, 1.165) is 58.9 Å². The fraction of sp³-hybridized carbons (Fsp3) is 0.417. The molecule has 7 heteroatoms. The van der Waals surface area contributed by atoms with Crippen LogP contribution in [0.4, 0.5) is 4.79 Å². The Morgan fingerprint density at radius 2 is 1.87 bits per heavy atom. The van der Waals surface area contributed by atoms with Crippen molar-refractivity contribution in [1.82, 2.24) is 14.8 Å². The summed E-state index contributed by atoms with van der Waals surface area (Å²) in [5.74, 6) is 0. The lowest BCUT2D eigenvalue weighted by Gasteiger charge is -2.33. The number of halogens is 2. The molecule has 0 saturated carbocycles. The van der Waals surface area contributed by atoms with E-state index in [4.69, 9.17) is 16.3 Å². The maximum absolute atomic E-state index is 11.6. The summed E-state index contributed by atoms with van der Waals surface area (Å²) in [6.45, 7) is 9.07. The number of carbonyl (C=O) groups excluding carboxylic acids is 1. The van der Waals surface area contributed by atoms with Gasteiger partial charge in [0, 0.05) is 48.3 Å². The molecule has 1 amide bonds. The van der Waals surface area contributed by atoms with E-state index in [0.29, 0.717) is 0 Å². The summed E-state index contributed by atoms with van der Waals surface area (Å²) in [7, 11) is 2.06. The smallest absolute Gasteiger partial charge is 0.410 e. The first kappa shape index (κ1) is 23.8. The second kappa shape index (κ2) is 10.2. The summed E-state index contributed by atoms with van der Waals surface area (Å²) in [6, 6.07) is 10.0. The van der Waals surface area contributed by atoms with Gasteiger partial charge in [0.1, 0.15) is 5.60 Å². The number of likely N-dealkylation sites (N-methyl/N-ethyl adjacent to an activating group) is 1. The second-order valence-corrected chi connectivity index (χ2v) is 10.1. The fourth-order valence-corrected chi connectivity index (χ4v) is 4.15. The highest BCUT2D eigenvalue weighted by molar-refractivity contribution is 9.15. The lowest BCUT2D eigenvalue weighted by atomic mass is 10.0. The van der Waals surface area contributed by atoms with Crippen molar-refractivity contribution >= 4 is 44.2 Å². The zero-order chi connectivity index (χ0) is 22.6. The first-order valence-corrected chi connectivity index (χ1v) is 11.6. The fourth-order valence-electron chi connectivity index (χ4n) is 3.36. The van der Waals surface area contributed by atoms with Gasteiger partial charge in [-0.05, 0) is 68.8 Å². The molecule has 4 rings (SSSR count). The molecule has 0 radical (unpaired) electrons. The topological polar surface area (TPSA) is 45.7 Å². The van der Waals surface area contributed by atoms with E-state index in [-0.39, 0.29) is 11.7 Å². The van der Waals surface area contributed by atoms with Crippen LogP contribution < -0.4 is 0 Å². The molecule has 1 aromatic heterocycles. The molecular formula is C24H29BrClN3O2. The third-order valence-electron chi connectivity index (χ3n) is 5.05. The molecule has 1 aromatic carbocycles. The highest BCUT2D eigenvalue weighted by Crippen LogP contribution is 2.34. The maximum Gasteiger partial charge on any atom is 0.410 e. The summed E-state index contributed by atoms with van der Waals surface area (Å²) in [5, 5.41) is 0.757. The lowest BCUT2D eigenvalue weighted by molar-refractivity contribution is 0.0164. The van der Waals surface area contributed by atoms with E-state index < -0.39 is 0 Å². The molecular weight excluding hydrogens is 478 g/mol. The van der Waals surface area contributed by atoms with Crippen LogP contribution in [0.2, 0.25) is 5.02 Å². The van der Waals surface area contributed by atoms with Gasteiger partial charge in [0.05, 0.1) is 5.69 Å². The van der Waals surface area contributed by atoms with Crippen molar-refractivity contribution in [1.29, 1.82) is 0 Å². The van der Waals surface area contributed by atoms with Crippen LogP contribution in [0, 0.1) is 0 Å². The number of piperazine rings is 1. The number of benzene rings is 1. The van der Waals surface area contributed by atoms with Crippen molar-refractivity contribution < 1.29 is 9.53 Å². The van der Waals surface area contributed by atoms with Gasteiger partial charge in [-0.25, -0.2) is 4.79 Å². The Morgan fingerprint density at radius 1 is 1.16 bits per heavy atom. The van der Waals surface area contributed by atoms with E-state index in [2.05, 4.69) is 51.1 Å². The first-order chi connectivity index (χ1) is 14.6. The summed E-state index contributed by atoms with van der Waals surface area (Å²) < 4.78 is 6.34. The number of ether oxygens (including phenoxy) is 1. The van der Waals surface area contributed by atoms with Gasteiger partial charge in [-0.15, -0.1) is 0 Å². The molecule has 166 valence electrons. The number of amides is 1. The highest BCUT2D eigenvalue weighted by Gasteiger charge is 2.24. The van der Waals surface area contributed by atoms with Gasteiger partial charge in [-0.3, -0.25) is 4.98 Å². The Morgan fingerprint density at radius 3 is 2.55 bits per heavy atom. The number of hydrogen-bond donors (Lipinski definition) is 0. The molecule has 1 aliphatic carbocycles. The van der Waals surface area contributed by atoms with Gasteiger partial charge in [0.2, 0.25) is 0 Å². The summed E-state index contributed by atoms with van der Waals surface area (Å²) in [6.07, 6.45) is 4.59. The molecule has 2 aliphatic rings. The highest BCUT2D eigenvalue weighted by atomic mass is 79.9. The number of rotatable bonds is 0. The van der Waals surface area contributed by atoms with E-state index in [1.807, 2.05) is 45.2 Å². The molecule has 0 spiro atoms. The van der Waals surface area contributed by atoms with Gasteiger partial charge >= 0.3 is 6.09 Å². The molecule has 2 heterocycles. The number of hydrogen-bond acceptors (Lipinski definition) is 4. The average Bonchev–Trinajstić information content (AvgIpc) is 2.83. The van der Waals surface area contributed by atoms with E-state index in [1.54, 1.807) is 4.90 Å². The minimum Gasteiger partial charge on any atom is -0.444 e. The van der Waals surface area contributed by atoms with E-state index in [1.165, 1.54) is 5.56 Å². The minimum atomic E-state index is -0.388. The zero-order valence-electron chi connectivity index (χ0n) is 18.5. The Bertz CT molecular complexity index is 964. The molecule has 0 bridgehead atoms. The second-order valence-electron chi connectivity index (χ2n) is 8.78. The Kier molecular flexibility index (Phi) is 7.78.